The van der Waals surface area contributed by atoms with Crippen LogP contribution in [0.25, 0.3) is 0 Å². The third-order valence-corrected chi connectivity index (χ3v) is 2.45. The second kappa shape index (κ2) is 4.16. The Morgan fingerprint density at radius 2 is 2.11 bits per heavy atom. The first-order chi connectivity index (χ1) is 4.39. The predicted octanol–water partition coefficient (Wildman–Crippen LogP) is 2.76. The van der Waals surface area contributed by atoms with Crippen LogP contribution in [0.1, 0.15) is 32.1 Å². The van der Waals surface area contributed by atoms with Crippen molar-refractivity contribution in [2.45, 2.75) is 36.0 Å². The molecule has 1 aliphatic rings. The maximum atomic E-state index is 3.22. The molecule has 0 radical (unpaired) electrons. The van der Waals surface area contributed by atoms with E-state index in [1.54, 1.807) is 0 Å². The Morgan fingerprint density at radius 1 is 1.22 bits per heavy atom. The van der Waals surface area contributed by atoms with Gasteiger partial charge in [-0.05, 0) is 12.8 Å². The largest absolute Gasteiger partial charge is 0.102 e. The third-order valence-electron chi connectivity index (χ3n) is 1.52. The highest BCUT2D eigenvalue weighted by molar-refractivity contribution is 14.1. The van der Waals surface area contributed by atoms with Gasteiger partial charge in [0.2, 0.25) is 0 Å². The molecular formula is C8H11I. The van der Waals surface area contributed by atoms with Gasteiger partial charge in [0.15, 0.2) is 0 Å². The monoisotopic (exact) mass is 234 g/mol. The summed E-state index contributed by atoms with van der Waals surface area (Å²) in [6.45, 7) is 0. The van der Waals surface area contributed by atoms with Crippen LogP contribution in [0.4, 0.5) is 0 Å². The molecule has 0 nitrogen and oxygen atoms in total. The summed E-state index contributed by atoms with van der Waals surface area (Å²) in [5, 5.41) is 0. The average molecular weight is 234 g/mol. The van der Waals surface area contributed by atoms with Crippen LogP contribution >= 0.6 is 22.6 Å². The van der Waals surface area contributed by atoms with Gasteiger partial charge >= 0.3 is 0 Å². The van der Waals surface area contributed by atoms with Gasteiger partial charge in [0.05, 0.1) is 3.92 Å². The van der Waals surface area contributed by atoms with Crippen molar-refractivity contribution in [2.75, 3.05) is 0 Å². The first-order valence-electron chi connectivity index (χ1n) is 3.52. The van der Waals surface area contributed by atoms with Gasteiger partial charge < -0.3 is 0 Å². The SMILES string of the molecule is IC1C#CCCCCC1. The van der Waals surface area contributed by atoms with Crippen molar-refractivity contribution in [3.8, 4) is 11.8 Å². The molecule has 1 heteroatoms. The Balaban J connectivity index is 2.37. The Bertz CT molecular complexity index is 129. The Hall–Kier alpha value is 0.290. The number of alkyl halides is 1. The lowest BCUT2D eigenvalue weighted by Gasteiger charge is -2.03. The fourth-order valence-electron chi connectivity index (χ4n) is 0.969. The molecule has 0 heterocycles. The van der Waals surface area contributed by atoms with Crippen molar-refractivity contribution in [3.63, 3.8) is 0 Å². The van der Waals surface area contributed by atoms with Gasteiger partial charge in [-0.1, -0.05) is 41.4 Å². The van der Waals surface area contributed by atoms with Gasteiger partial charge in [-0.15, -0.1) is 5.92 Å². The van der Waals surface area contributed by atoms with E-state index in [1.807, 2.05) is 0 Å². The van der Waals surface area contributed by atoms with E-state index in [1.165, 1.54) is 25.7 Å². The van der Waals surface area contributed by atoms with Gasteiger partial charge in [0, 0.05) is 6.42 Å². The zero-order valence-electron chi connectivity index (χ0n) is 5.49. The average Bonchev–Trinajstić information content (AvgIpc) is 1.79. The van der Waals surface area contributed by atoms with Crippen LogP contribution in [-0.4, -0.2) is 3.92 Å². The van der Waals surface area contributed by atoms with Crippen molar-refractivity contribution in [1.82, 2.24) is 0 Å². The van der Waals surface area contributed by atoms with Gasteiger partial charge in [0.1, 0.15) is 0 Å². The third kappa shape index (κ3) is 3.10. The van der Waals surface area contributed by atoms with Crippen LogP contribution in [0.3, 0.4) is 0 Å². The Morgan fingerprint density at radius 3 is 3.00 bits per heavy atom. The van der Waals surface area contributed by atoms with E-state index in [4.69, 9.17) is 0 Å². The molecule has 1 atom stereocenters. The molecule has 9 heavy (non-hydrogen) atoms. The first kappa shape index (κ1) is 7.40. The van der Waals surface area contributed by atoms with E-state index in [2.05, 4.69) is 34.4 Å². The summed E-state index contributed by atoms with van der Waals surface area (Å²) in [5.74, 6) is 6.40. The second-order valence-corrected chi connectivity index (χ2v) is 3.89. The lowest BCUT2D eigenvalue weighted by molar-refractivity contribution is 0.663. The topological polar surface area (TPSA) is 0 Å². The minimum absolute atomic E-state index is 0.628. The fraction of sp³-hybridized carbons (Fsp3) is 0.750. The normalized spacial score (nSPS) is 27.4. The molecule has 0 N–H and O–H groups in total. The molecule has 0 fully saturated rings. The zero-order chi connectivity index (χ0) is 6.53. The predicted molar refractivity (Wildman–Crippen MR) is 48.7 cm³/mol. The van der Waals surface area contributed by atoms with Crippen LogP contribution in [0.5, 0.6) is 0 Å². The van der Waals surface area contributed by atoms with E-state index in [9.17, 15) is 0 Å². The van der Waals surface area contributed by atoms with E-state index < -0.39 is 0 Å². The summed E-state index contributed by atoms with van der Waals surface area (Å²) in [6, 6.07) is 0. The van der Waals surface area contributed by atoms with Crippen LogP contribution < -0.4 is 0 Å². The van der Waals surface area contributed by atoms with E-state index in [-0.39, 0.29) is 0 Å². The summed E-state index contributed by atoms with van der Waals surface area (Å²) in [5.41, 5.74) is 0. The molecule has 1 aliphatic carbocycles. The van der Waals surface area contributed by atoms with Crippen LogP contribution in [-0.2, 0) is 0 Å². The molecular weight excluding hydrogens is 223 g/mol. The molecule has 0 saturated carbocycles. The molecule has 0 saturated heterocycles. The van der Waals surface area contributed by atoms with Crippen molar-refractivity contribution in [3.05, 3.63) is 0 Å². The molecule has 0 aromatic carbocycles. The van der Waals surface area contributed by atoms with E-state index >= 15 is 0 Å². The maximum Gasteiger partial charge on any atom is 0.0719 e. The summed E-state index contributed by atoms with van der Waals surface area (Å²) >= 11 is 2.43. The standard InChI is InChI=1S/C8H11I/c9-8-6-4-2-1-3-5-7-8/h8H,1-4,6H2. The summed E-state index contributed by atoms with van der Waals surface area (Å²) in [7, 11) is 0. The minimum atomic E-state index is 0.628. The minimum Gasteiger partial charge on any atom is -0.102 e. The number of hydrogen-bond acceptors (Lipinski definition) is 0. The quantitative estimate of drug-likeness (QED) is 0.343. The first-order valence-corrected chi connectivity index (χ1v) is 4.76. The molecule has 1 rings (SSSR count). The molecule has 0 spiro atoms. The van der Waals surface area contributed by atoms with Gasteiger partial charge in [-0.3, -0.25) is 0 Å². The zero-order valence-corrected chi connectivity index (χ0v) is 7.65. The van der Waals surface area contributed by atoms with Crippen molar-refractivity contribution in [1.29, 1.82) is 0 Å². The van der Waals surface area contributed by atoms with Crippen molar-refractivity contribution < 1.29 is 0 Å². The lowest BCUT2D eigenvalue weighted by atomic mass is 10.1. The fourth-order valence-corrected chi connectivity index (χ4v) is 1.63. The molecule has 0 bridgehead atoms. The van der Waals surface area contributed by atoms with Crippen LogP contribution in [0.15, 0.2) is 0 Å². The van der Waals surface area contributed by atoms with E-state index in [0.717, 1.165) is 6.42 Å². The van der Waals surface area contributed by atoms with Crippen molar-refractivity contribution >= 4 is 22.6 Å². The van der Waals surface area contributed by atoms with Gasteiger partial charge in [-0.2, -0.15) is 0 Å². The molecule has 0 aliphatic heterocycles. The summed E-state index contributed by atoms with van der Waals surface area (Å²) in [6.07, 6.45) is 6.50. The highest BCUT2D eigenvalue weighted by atomic mass is 127. The number of rotatable bonds is 0. The lowest BCUT2D eigenvalue weighted by Crippen LogP contribution is -1.95. The van der Waals surface area contributed by atoms with Gasteiger partial charge in [0.25, 0.3) is 0 Å². The smallest absolute Gasteiger partial charge is 0.0719 e. The highest BCUT2D eigenvalue weighted by Crippen LogP contribution is 2.13. The van der Waals surface area contributed by atoms with E-state index in [0.29, 0.717) is 3.92 Å². The molecule has 50 valence electrons. The highest BCUT2D eigenvalue weighted by Gasteiger charge is 1.99. The van der Waals surface area contributed by atoms with Crippen molar-refractivity contribution in [2.24, 2.45) is 0 Å². The summed E-state index contributed by atoms with van der Waals surface area (Å²) in [4.78, 5) is 0. The molecule has 1 unspecified atom stereocenters. The maximum absolute atomic E-state index is 3.22. The Kier molecular flexibility index (Phi) is 3.42. The second-order valence-electron chi connectivity index (χ2n) is 2.39. The van der Waals surface area contributed by atoms with Gasteiger partial charge in [-0.25, -0.2) is 0 Å². The Labute approximate surface area is 70.5 Å². The summed E-state index contributed by atoms with van der Waals surface area (Å²) < 4.78 is 0.628. The number of halogens is 1. The van der Waals surface area contributed by atoms with Crippen LogP contribution in [0.2, 0.25) is 0 Å². The molecule has 0 aromatic rings. The number of hydrogen-bond donors (Lipinski definition) is 0. The molecule has 0 aromatic heterocycles. The molecule has 0 amide bonds. The van der Waals surface area contributed by atoms with Crippen LogP contribution in [0, 0.1) is 11.8 Å².